The maximum absolute atomic E-state index is 13.7. The first-order valence-electron chi connectivity index (χ1n) is 11.9. The molecule has 1 saturated heterocycles. The fourth-order valence-electron chi connectivity index (χ4n) is 4.66. The van der Waals surface area contributed by atoms with Gasteiger partial charge in [-0.05, 0) is 32.9 Å². The topological polar surface area (TPSA) is 90.8 Å². The van der Waals surface area contributed by atoms with E-state index in [-0.39, 0.29) is 35.7 Å². The van der Waals surface area contributed by atoms with Crippen LogP contribution in [0.1, 0.15) is 52.4 Å². The van der Waals surface area contributed by atoms with Gasteiger partial charge in [0.05, 0.1) is 12.9 Å². The lowest BCUT2D eigenvalue weighted by Gasteiger charge is -2.43. The predicted molar refractivity (Wildman–Crippen MR) is 128 cm³/mol. The smallest absolute Gasteiger partial charge is 0.274 e. The van der Waals surface area contributed by atoms with Crippen LogP contribution in [0.25, 0.3) is 0 Å². The van der Waals surface area contributed by atoms with Gasteiger partial charge < -0.3 is 24.6 Å². The molecule has 1 unspecified atom stereocenters. The highest BCUT2D eigenvalue weighted by molar-refractivity contribution is 6.07. The summed E-state index contributed by atoms with van der Waals surface area (Å²) in [4.78, 5) is 50.1. The molecule has 4 rings (SSSR count). The van der Waals surface area contributed by atoms with Crippen LogP contribution in [0.3, 0.4) is 0 Å². The molecule has 3 amide bonds. The summed E-state index contributed by atoms with van der Waals surface area (Å²) < 4.78 is 1.67. The van der Waals surface area contributed by atoms with Gasteiger partial charge in [-0.1, -0.05) is 36.8 Å². The van der Waals surface area contributed by atoms with Gasteiger partial charge in [-0.2, -0.15) is 0 Å². The van der Waals surface area contributed by atoms with Crippen LogP contribution in [0.4, 0.5) is 0 Å². The van der Waals surface area contributed by atoms with Gasteiger partial charge in [0.15, 0.2) is 5.69 Å². The molecule has 0 bridgehead atoms. The molecule has 0 aliphatic carbocycles. The number of fused-ring (bicyclic) bond motifs is 1. The second-order valence-electron chi connectivity index (χ2n) is 9.56. The van der Waals surface area contributed by atoms with E-state index in [0.29, 0.717) is 32.6 Å². The number of piperazine rings is 1. The average Bonchev–Trinajstić information content (AvgIpc) is 3.24. The van der Waals surface area contributed by atoms with E-state index in [2.05, 4.69) is 15.2 Å². The zero-order valence-corrected chi connectivity index (χ0v) is 20.5. The Hall–Kier alpha value is -3.20. The Labute approximate surface area is 200 Å². The zero-order valence-electron chi connectivity index (χ0n) is 20.5. The summed E-state index contributed by atoms with van der Waals surface area (Å²) in [6, 6.07) is 7.98. The number of carbonyl (C=O) groups excluding carboxylic acids is 3. The van der Waals surface area contributed by atoms with Crippen LogP contribution < -0.4 is 5.32 Å². The van der Waals surface area contributed by atoms with Gasteiger partial charge in [0, 0.05) is 39.3 Å². The second-order valence-corrected chi connectivity index (χ2v) is 9.56. The Balaban J connectivity index is 1.57. The van der Waals surface area contributed by atoms with Crippen molar-refractivity contribution in [1.29, 1.82) is 0 Å². The molecule has 1 aromatic heterocycles. The Morgan fingerprint density at radius 2 is 1.79 bits per heavy atom. The third-order valence-electron chi connectivity index (χ3n) is 6.86. The normalized spacial score (nSPS) is 20.9. The van der Waals surface area contributed by atoms with Crippen molar-refractivity contribution in [2.45, 2.75) is 45.8 Å². The number of hydrogen-bond acceptors (Lipinski definition) is 5. The van der Waals surface area contributed by atoms with Crippen LogP contribution >= 0.6 is 0 Å². The van der Waals surface area contributed by atoms with Gasteiger partial charge >= 0.3 is 0 Å². The Bertz CT molecular complexity index is 1070. The fourth-order valence-corrected chi connectivity index (χ4v) is 4.66. The van der Waals surface area contributed by atoms with Crippen molar-refractivity contribution >= 4 is 17.7 Å². The predicted octanol–water partition coefficient (Wildman–Crippen LogP) is 1.52. The Morgan fingerprint density at radius 1 is 1.12 bits per heavy atom. The molecule has 1 N–H and O–H groups in total. The monoisotopic (exact) mass is 466 g/mol. The first kappa shape index (κ1) is 23.9. The molecule has 1 atom stereocenters. The number of likely N-dealkylation sites (N-methyl/N-ethyl adjacent to an activating group) is 1. The highest BCUT2D eigenvalue weighted by Gasteiger charge is 2.48. The third kappa shape index (κ3) is 4.44. The van der Waals surface area contributed by atoms with Crippen LogP contribution in [-0.2, 0) is 17.9 Å². The SMILES string of the molecule is CCCN1C(=O)c2c(C(=O)N3CCN(C)CC3)ncn2CC1(C)C(=O)NCc1ccc(C)cc1. The molecule has 1 aromatic carbocycles. The number of nitrogens with zero attached hydrogens (tertiary/aromatic N) is 5. The van der Waals surface area contributed by atoms with Crippen molar-refractivity contribution in [1.82, 2.24) is 29.6 Å². The number of rotatable bonds is 6. The first-order valence-corrected chi connectivity index (χ1v) is 11.9. The van der Waals surface area contributed by atoms with E-state index in [9.17, 15) is 14.4 Å². The maximum Gasteiger partial charge on any atom is 0.274 e. The molecule has 34 heavy (non-hydrogen) atoms. The van der Waals surface area contributed by atoms with Gasteiger partial charge in [-0.3, -0.25) is 14.4 Å². The van der Waals surface area contributed by atoms with Crippen molar-refractivity contribution in [3.8, 4) is 0 Å². The minimum absolute atomic E-state index is 0.178. The molecule has 9 nitrogen and oxygen atoms in total. The van der Waals surface area contributed by atoms with Crippen molar-refractivity contribution in [3.05, 3.63) is 53.1 Å². The number of aromatic nitrogens is 2. The lowest BCUT2D eigenvalue weighted by molar-refractivity contribution is -0.133. The molecule has 9 heteroatoms. The molecule has 182 valence electrons. The quantitative estimate of drug-likeness (QED) is 0.697. The van der Waals surface area contributed by atoms with Crippen LogP contribution in [0, 0.1) is 6.92 Å². The van der Waals surface area contributed by atoms with Gasteiger partial charge in [-0.25, -0.2) is 4.98 Å². The lowest BCUT2D eigenvalue weighted by atomic mass is 9.93. The lowest BCUT2D eigenvalue weighted by Crippen LogP contribution is -2.64. The van der Waals surface area contributed by atoms with E-state index < -0.39 is 5.54 Å². The molecule has 3 heterocycles. The molecule has 2 aliphatic rings. The largest absolute Gasteiger partial charge is 0.350 e. The van der Waals surface area contributed by atoms with Gasteiger partial charge in [-0.15, -0.1) is 0 Å². The van der Waals surface area contributed by atoms with Crippen LogP contribution in [0.15, 0.2) is 30.6 Å². The minimum atomic E-state index is -1.08. The number of carbonyl (C=O) groups is 3. The van der Waals surface area contributed by atoms with E-state index in [1.807, 2.05) is 45.2 Å². The van der Waals surface area contributed by atoms with Crippen molar-refractivity contribution in [3.63, 3.8) is 0 Å². The van der Waals surface area contributed by atoms with Crippen LogP contribution in [0.5, 0.6) is 0 Å². The average molecular weight is 467 g/mol. The molecule has 0 saturated carbocycles. The Morgan fingerprint density at radius 3 is 2.44 bits per heavy atom. The molecule has 0 spiro atoms. The summed E-state index contributed by atoms with van der Waals surface area (Å²) in [6.07, 6.45) is 2.22. The molecule has 1 fully saturated rings. The second kappa shape index (κ2) is 9.58. The Kier molecular flexibility index (Phi) is 6.74. The van der Waals surface area contributed by atoms with Gasteiger partial charge in [0.2, 0.25) is 5.91 Å². The molecule has 2 aromatic rings. The van der Waals surface area contributed by atoms with E-state index in [0.717, 1.165) is 24.2 Å². The van der Waals surface area contributed by atoms with E-state index in [1.54, 1.807) is 21.3 Å². The minimum Gasteiger partial charge on any atom is -0.350 e. The summed E-state index contributed by atoms with van der Waals surface area (Å²) in [5.41, 5.74) is 1.53. The highest BCUT2D eigenvalue weighted by atomic mass is 16.2. The van der Waals surface area contributed by atoms with E-state index in [4.69, 9.17) is 0 Å². The summed E-state index contributed by atoms with van der Waals surface area (Å²) in [5.74, 6) is -0.767. The third-order valence-corrected chi connectivity index (χ3v) is 6.86. The van der Waals surface area contributed by atoms with Crippen molar-refractivity contribution in [2.75, 3.05) is 39.8 Å². The summed E-state index contributed by atoms with van der Waals surface area (Å²) in [6.45, 7) is 9.61. The van der Waals surface area contributed by atoms with Crippen LogP contribution in [-0.4, -0.2) is 87.3 Å². The molecule has 0 radical (unpaired) electrons. The summed E-state index contributed by atoms with van der Waals surface area (Å²) in [5, 5.41) is 3.01. The van der Waals surface area contributed by atoms with E-state index >= 15 is 0 Å². The summed E-state index contributed by atoms with van der Waals surface area (Å²) in [7, 11) is 2.02. The number of hydrogen-bond donors (Lipinski definition) is 1. The van der Waals surface area contributed by atoms with Crippen molar-refractivity contribution < 1.29 is 14.4 Å². The maximum atomic E-state index is 13.7. The first-order chi connectivity index (χ1) is 16.2. The zero-order chi connectivity index (χ0) is 24.5. The summed E-state index contributed by atoms with van der Waals surface area (Å²) >= 11 is 0. The van der Waals surface area contributed by atoms with Gasteiger partial charge in [0.1, 0.15) is 11.2 Å². The highest BCUT2D eigenvalue weighted by Crippen LogP contribution is 2.29. The number of imidazole rings is 1. The molecular weight excluding hydrogens is 432 g/mol. The fraction of sp³-hybridized carbons (Fsp3) is 0.520. The van der Waals surface area contributed by atoms with Crippen LogP contribution in [0.2, 0.25) is 0 Å². The molecular formula is C25H34N6O3. The standard InChI is InChI=1S/C25H34N6O3/c1-5-10-31-23(33)21-20(22(32)29-13-11-28(4)12-14-29)27-17-30(21)16-25(31,3)24(34)26-15-19-8-6-18(2)7-9-19/h6-9,17H,5,10-16H2,1-4H3,(H,26,34). The number of benzene rings is 1. The number of aryl methyl sites for hydroxylation is 1. The van der Waals surface area contributed by atoms with Gasteiger partial charge in [0.25, 0.3) is 11.8 Å². The molecule has 2 aliphatic heterocycles. The van der Waals surface area contributed by atoms with E-state index in [1.165, 1.54) is 6.33 Å². The van der Waals surface area contributed by atoms with Crippen molar-refractivity contribution in [2.24, 2.45) is 0 Å². The number of nitrogens with one attached hydrogen (secondary N) is 1. The number of amides is 3.